The lowest BCUT2D eigenvalue weighted by molar-refractivity contribution is 0.390. The van der Waals surface area contributed by atoms with E-state index in [1.165, 1.54) is 11.3 Å². The van der Waals surface area contributed by atoms with Gasteiger partial charge in [0.1, 0.15) is 10.5 Å². The lowest BCUT2D eigenvalue weighted by Gasteiger charge is -2.07. The second-order valence-corrected chi connectivity index (χ2v) is 6.04. The van der Waals surface area contributed by atoms with Crippen LogP contribution in [-0.4, -0.2) is 39.2 Å². The van der Waals surface area contributed by atoms with Crippen molar-refractivity contribution in [1.29, 1.82) is 0 Å². The Morgan fingerprint density at radius 3 is 2.64 bits per heavy atom. The van der Waals surface area contributed by atoms with E-state index in [-0.39, 0.29) is 30.4 Å². The van der Waals surface area contributed by atoms with Gasteiger partial charge < -0.3 is 9.88 Å². The summed E-state index contributed by atoms with van der Waals surface area (Å²) < 4.78 is 0.656. The third kappa shape index (κ3) is 3.49. The van der Waals surface area contributed by atoms with Crippen molar-refractivity contribution in [3.63, 3.8) is 0 Å². The van der Waals surface area contributed by atoms with Crippen LogP contribution in [0.5, 0.6) is 0 Å². The molecule has 0 radical (unpaired) electrons. The molecule has 0 aliphatic heterocycles. The number of aromatic nitrogens is 4. The van der Waals surface area contributed by atoms with Crippen molar-refractivity contribution in [3.8, 4) is 10.4 Å². The third-order valence-corrected chi connectivity index (χ3v) is 4.15. The number of aryl methyl sites for hydroxylation is 1. The van der Waals surface area contributed by atoms with E-state index in [1.807, 2.05) is 32.0 Å². The molecule has 3 aromatic heterocycles. The van der Waals surface area contributed by atoms with E-state index in [0.29, 0.717) is 17.1 Å². The van der Waals surface area contributed by atoms with Crippen molar-refractivity contribution in [3.05, 3.63) is 34.1 Å². The van der Waals surface area contributed by atoms with Gasteiger partial charge in [0.15, 0.2) is 0 Å². The first-order valence-electron chi connectivity index (χ1n) is 6.22. The van der Waals surface area contributed by atoms with Crippen molar-refractivity contribution in [1.82, 2.24) is 25.1 Å². The molecular weight excluding hydrogens is 345 g/mol. The summed E-state index contributed by atoms with van der Waals surface area (Å²) in [7, 11) is 3.89. The smallest absolute Gasteiger partial charge is 0.268 e. The number of H-pyrrole nitrogens is 2. The van der Waals surface area contributed by atoms with Crippen LogP contribution in [0.15, 0.2) is 17.1 Å². The molecule has 0 spiro atoms. The average Bonchev–Trinajstić information content (AvgIpc) is 2.94. The number of hydrogen-bond acceptors (Lipinski definition) is 5. The second-order valence-electron chi connectivity index (χ2n) is 4.98. The summed E-state index contributed by atoms with van der Waals surface area (Å²) in [5.41, 5.74) is 2.67. The van der Waals surface area contributed by atoms with Gasteiger partial charge in [-0.25, -0.2) is 4.98 Å². The molecule has 0 saturated carbocycles. The van der Waals surface area contributed by atoms with Gasteiger partial charge in [0.25, 0.3) is 5.56 Å². The number of hydrogen-bond donors (Lipinski definition) is 2. The van der Waals surface area contributed by atoms with E-state index < -0.39 is 0 Å². The van der Waals surface area contributed by atoms with E-state index in [2.05, 4.69) is 20.2 Å². The zero-order valence-corrected chi connectivity index (χ0v) is 14.8. The average molecular weight is 362 g/mol. The van der Waals surface area contributed by atoms with Crippen molar-refractivity contribution < 1.29 is 0 Å². The van der Waals surface area contributed by atoms with Gasteiger partial charge in [-0.1, -0.05) is 0 Å². The Hall–Kier alpha value is -1.41. The summed E-state index contributed by atoms with van der Waals surface area (Å²) in [6, 6.07) is 1.95. The van der Waals surface area contributed by atoms with Crippen LogP contribution in [0.1, 0.15) is 11.5 Å². The standard InChI is InChI=1S/C13H15N5OS.2ClH/c1-7-8(5-14-17-7)10-4-9-12(20-10)13(19)16-11(15-9)6-18(2)3;;/h4-5H,6H2,1-3H3,(H,14,17)(H,15,16,19);2*1H. The Morgan fingerprint density at radius 1 is 1.32 bits per heavy atom. The number of aromatic amines is 2. The largest absolute Gasteiger partial charge is 0.308 e. The minimum atomic E-state index is -0.0794. The molecule has 0 aliphatic carbocycles. The second kappa shape index (κ2) is 7.23. The fourth-order valence-electron chi connectivity index (χ4n) is 2.09. The zero-order chi connectivity index (χ0) is 14.3. The van der Waals surface area contributed by atoms with Gasteiger partial charge in [-0.3, -0.25) is 9.89 Å². The highest BCUT2D eigenvalue weighted by molar-refractivity contribution is 7.22. The van der Waals surface area contributed by atoms with Crippen LogP contribution in [0.2, 0.25) is 0 Å². The van der Waals surface area contributed by atoms with Gasteiger partial charge in [0.2, 0.25) is 0 Å². The molecule has 120 valence electrons. The molecule has 0 bridgehead atoms. The predicted molar refractivity (Wildman–Crippen MR) is 94.4 cm³/mol. The van der Waals surface area contributed by atoms with E-state index >= 15 is 0 Å². The van der Waals surface area contributed by atoms with Crippen molar-refractivity contribution >= 4 is 46.4 Å². The maximum atomic E-state index is 12.1. The normalized spacial score (nSPS) is 10.5. The van der Waals surface area contributed by atoms with Crippen molar-refractivity contribution in [2.24, 2.45) is 0 Å². The zero-order valence-electron chi connectivity index (χ0n) is 12.3. The summed E-state index contributed by atoms with van der Waals surface area (Å²) in [6.45, 7) is 2.57. The molecular formula is C13H17Cl2N5OS. The van der Waals surface area contributed by atoms with Crippen LogP contribution in [0.25, 0.3) is 20.7 Å². The molecule has 0 unspecified atom stereocenters. The minimum absolute atomic E-state index is 0. The van der Waals surface area contributed by atoms with Crippen molar-refractivity contribution in [2.45, 2.75) is 13.5 Å². The molecule has 22 heavy (non-hydrogen) atoms. The van der Waals surface area contributed by atoms with E-state index in [4.69, 9.17) is 0 Å². The monoisotopic (exact) mass is 361 g/mol. The van der Waals surface area contributed by atoms with Gasteiger partial charge in [0, 0.05) is 16.1 Å². The first kappa shape index (κ1) is 18.6. The van der Waals surface area contributed by atoms with E-state index in [1.54, 1.807) is 6.20 Å². The highest BCUT2D eigenvalue weighted by atomic mass is 35.5. The Kier molecular flexibility index (Phi) is 6.13. The highest BCUT2D eigenvalue weighted by Crippen LogP contribution is 2.31. The third-order valence-electron chi connectivity index (χ3n) is 2.99. The van der Waals surface area contributed by atoms with E-state index in [9.17, 15) is 4.79 Å². The first-order valence-corrected chi connectivity index (χ1v) is 7.04. The minimum Gasteiger partial charge on any atom is -0.308 e. The number of nitrogens with zero attached hydrogens (tertiary/aromatic N) is 3. The van der Waals surface area contributed by atoms with Crippen LogP contribution in [0.4, 0.5) is 0 Å². The Bertz CT molecular complexity index is 823. The molecule has 9 heteroatoms. The molecule has 0 fully saturated rings. The Morgan fingerprint density at radius 2 is 2.05 bits per heavy atom. The van der Waals surface area contributed by atoms with E-state index in [0.717, 1.165) is 21.7 Å². The molecule has 3 rings (SSSR count). The molecule has 0 aromatic carbocycles. The lowest BCUT2D eigenvalue weighted by atomic mass is 10.2. The van der Waals surface area contributed by atoms with Crippen LogP contribution < -0.4 is 5.56 Å². The van der Waals surface area contributed by atoms with Crippen LogP contribution in [0, 0.1) is 6.92 Å². The van der Waals surface area contributed by atoms with Gasteiger partial charge >= 0.3 is 0 Å². The summed E-state index contributed by atoms with van der Waals surface area (Å²) in [4.78, 5) is 22.4. The molecule has 0 saturated heterocycles. The summed E-state index contributed by atoms with van der Waals surface area (Å²) in [6.07, 6.45) is 1.77. The summed E-state index contributed by atoms with van der Waals surface area (Å²) in [5.74, 6) is 0.681. The van der Waals surface area contributed by atoms with Crippen LogP contribution in [0.3, 0.4) is 0 Å². The summed E-state index contributed by atoms with van der Waals surface area (Å²) >= 11 is 1.44. The molecule has 6 nitrogen and oxygen atoms in total. The quantitative estimate of drug-likeness (QED) is 0.751. The highest BCUT2D eigenvalue weighted by Gasteiger charge is 2.12. The fraction of sp³-hybridized carbons (Fsp3) is 0.308. The van der Waals surface area contributed by atoms with Crippen molar-refractivity contribution in [2.75, 3.05) is 14.1 Å². The summed E-state index contributed by atoms with van der Waals surface area (Å²) in [5, 5.41) is 6.92. The van der Waals surface area contributed by atoms with Crippen LogP contribution in [-0.2, 0) is 6.54 Å². The molecule has 3 aromatic rings. The number of nitrogens with one attached hydrogen (secondary N) is 2. The molecule has 0 amide bonds. The maximum absolute atomic E-state index is 12.1. The van der Waals surface area contributed by atoms with Gasteiger partial charge in [-0.2, -0.15) is 5.10 Å². The topological polar surface area (TPSA) is 77.7 Å². The van der Waals surface area contributed by atoms with Gasteiger partial charge in [-0.15, -0.1) is 36.2 Å². The number of thiophene rings is 1. The SMILES string of the molecule is Cc1[nH]ncc1-c1cc2nc(CN(C)C)[nH]c(=O)c2s1.Cl.Cl. The number of rotatable bonds is 3. The van der Waals surface area contributed by atoms with Gasteiger partial charge in [-0.05, 0) is 27.1 Å². The number of fused-ring (bicyclic) bond motifs is 1. The molecule has 2 N–H and O–H groups in total. The first-order chi connectivity index (χ1) is 9.54. The number of halogens is 2. The Balaban J connectivity index is 0.00000121. The molecule has 3 heterocycles. The maximum Gasteiger partial charge on any atom is 0.268 e. The van der Waals surface area contributed by atoms with Gasteiger partial charge in [0.05, 0.1) is 18.3 Å². The predicted octanol–water partition coefficient (Wildman–Crippen LogP) is 2.59. The Labute approximate surface area is 143 Å². The van der Waals surface area contributed by atoms with Crippen LogP contribution >= 0.6 is 36.2 Å². The fourth-order valence-corrected chi connectivity index (χ4v) is 3.15. The lowest BCUT2D eigenvalue weighted by Crippen LogP contribution is -2.17. The molecule has 0 aliphatic rings. The molecule has 0 atom stereocenters.